The van der Waals surface area contributed by atoms with Crippen LogP contribution in [0.3, 0.4) is 0 Å². The second-order valence-corrected chi connectivity index (χ2v) is 4.49. The summed E-state index contributed by atoms with van der Waals surface area (Å²) in [5.74, 6) is 0.899. The third kappa shape index (κ3) is 3.70. The molecule has 0 saturated carbocycles. The van der Waals surface area contributed by atoms with Crippen LogP contribution in [0, 0.1) is 0 Å². The molecule has 2 N–H and O–H groups in total. The van der Waals surface area contributed by atoms with Crippen molar-refractivity contribution in [1.82, 2.24) is 5.32 Å². The highest BCUT2D eigenvalue weighted by Gasteiger charge is 2.05. The van der Waals surface area contributed by atoms with Crippen LogP contribution in [0.4, 0.5) is 0 Å². The lowest BCUT2D eigenvalue weighted by Gasteiger charge is -2.11. The zero-order valence-corrected chi connectivity index (χ0v) is 11.8. The minimum atomic E-state index is 0.0725. The van der Waals surface area contributed by atoms with Gasteiger partial charge in [-0.05, 0) is 17.0 Å². The zero-order valence-electron chi connectivity index (χ0n) is 11.8. The van der Waals surface area contributed by atoms with Gasteiger partial charge in [-0.3, -0.25) is 0 Å². The monoisotopic (exact) mass is 275 g/mol. The molecule has 0 atom stereocenters. The minimum Gasteiger partial charge on any atom is -0.496 e. The molecule has 20 heavy (non-hydrogen) atoms. The Balaban J connectivity index is 2.00. The Morgan fingerprint density at radius 3 is 2.60 bits per heavy atom. The van der Waals surface area contributed by atoms with Crippen molar-refractivity contribution in [2.24, 2.45) is 0 Å². The Labute approximate surface area is 119 Å². The molecule has 0 bridgehead atoms. The van der Waals surface area contributed by atoms with Gasteiger partial charge in [0.05, 0.1) is 26.9 Å². The van der Waals surface area contributed by atoms with Gasteiger partial charge < -0.3 is 19.9 Å². The lowest BCUT2D eigenvalue weighted by atomic mass is 10.0. The Morgan fingerprint density at radius 1 is 1.05 bits per heavy atom. The predicted molar refractivity (Wildman–Crippen MR) is 80.1 cm³/mol. The van der Waals surface area contributed by atoms with Gasteiger partial charge in [0, 0.05) is 18.5 Å². The quantitative estimate of drug-likeness (QED) is 0.723. The van der Waals surface area contributed by atoms with Crippen LogP contribution in [0.2, 0.25) is 0 Å². The van der Waals surface area contributed by atoms with E-state index in [9.17, 15) is 0 Å². The van der Waals surface area contributed by atoms with Crippen molar-refractivity contribution in [3.05, 3.63) is 42.0 Å². The summed E-state index contributed by atoms with van der Waals surface area (Å²) in [5, 5.41) is 14.3. The number of rotatable bonds is 8. The number of methoxy groups -OCH3 is 1. The molecule has 0 aliphatic carbocycles. The Hall–Kier alpha value is -1.62. The van der Waals surface area contributed by atoms with E-state index in [-0.39, 0.29) is 6.61 Å². The molecule has 0 aliphatic rings. The normalized spacial score (nSPS) is 10.9. The summed E-state index contributed by atoms with van der Waals surface area (Å²) in [7, 11) is 1.69. The van der Waals surface area contributed by atoms with Crippen LogP contribution in [0.15, 0.2) is 36.4 Å². The summed E-state index contributed by atoms with van der Waals surface area (Å²) in [5.41, 5.74) is 1.24. The average Bonchev–Trinajstić information content (AvgIpc) is 2.50. The van der Waals surface area contributed by atoms with Crippen molar-refractivity contribution in [2.45, 2.75) is 6.54 Å². The fourth-order valence-electron chi connectivity index (χ4n) is 2.20. The zero-order chi connectivity index (χ0) is 14.2. The van der Waals surface area contributed by atoms with Gasteiger partial charge >= 0.3 is 0 Å². The second kappa shape index (κ2) is 7.85. The maximum Gasteiger partial charge on any atom is 0.126 e. The van der Waals surface area contributed by atoms with Crippen molar-refractivity contribution < 1.29 is 14.6 Å². The fraction of sp³-hybridized carbons (Fsp3) is 0.375. The molecule has 0 radical (unpaired) electrons. The summed E-state index contributed by atoms with van der Waals surface area (Å²) in [4.78, 5) is 0. The maximum atomic E-state index is 8.61. The van der Waals surface area contributed by atoms with E-state index >= 15 is 0 Å². The predicted octanol–water partition coefficient (Wildman–Crippen LogP) is 1.95. The van der Waals surface area contributed by atoms with Gasteiger partial charge in [0.1, 0.15) is 5.75 Å². The highest BCUT2D eigenvalue weighted by Crippen LogP contribution is 2.28. The molecule has 2 aromatic rings. The van der Waals surface area contributed by atoms with Crippen molar-refractivity contribution in [3.63, 3.8) is 0 Å². The Morgan fingerprint density at radius 2 is 1.85 bits per heavy atom. The number of benzene rings is 2. The van der Waals surface area contributed by atoms with Gasteiger partial charge in [-0.25, -0.2) is 0 Å². The van der Waals surface area contributed by atoms with E-state index in [0.29, 0.717) is 13.2 Å². The van der Waals surface area contributed by atoms with Crippen LogP contribution in [0.1, 0.15) is 5.56 Å². The molecular formula is C16H21NO3. The summed E-state index contributed by atoms with van der Waals surface area (Å²) in [6.07, 6.45) is 0. The van der Waals surface area contributed by atoms with Gasteiger partial charge in [-0.15, -0.1) is 0 Å². The molecule has 4 heteroatoms. The smallest absolute Gasteiger partial charge is 0.126 e. The van der Waals surface area contributed by atoms with E-state index in [0.717, 1.165) is 24.2 Å². The van der Waals surface area contributed by atoms with Crippen molar-refractivity contribution >= 4 is 10.8 Å². The Bertz CT molecular complexity index is 542. The minimum absolute atomic E-state index is 0.0725. The molecular weight excluding hydrogens is 254 g/mol. The van der Waals surface area contributed by atoms with Crippen LogP contribution in [0.5, 0.6) is 5.75 Å². The van der Waals surface area contributed by atoms with Gasteiger partial charge in [-0.1, -0.05) is 30.3 Å². The van der Waals surface area contributed by atoms with E-state index in [2.05, 4.69) is 23.5 Å². The van der Waals surface area contributed by atoms with Gasteiger partial charge in [0.25, 0.3) is 0 Å². The second-order valence-electron chi connectivity index (χ2n) is 4.49. The molecule has 0 fully saturated rings. The standard InChI is InChI=1S/C16H21NO3/c1-19-16-7-6-13(12-17-8-10-20-11-9-18)14-4-2-3-5-15(14)16/h2-7,17-18H,8-12H2,1H3. The number of aliphatic hydroxyl groups excluding tert-OH is 1. The molecule has 0 saturated heterocycles. The summed E-state index contributed by atoms with van der Waals surface area (Å²) in [6.45, 7) is 2.62. The molecule has 0 aliphatic heterocycles. The van der Waals surface area contributed by atoms with Crippen LogP contribution in [-0.4, -0.2) is 38.6 Å². The third-order valence-electron chi connectivity index (χ3n) is 3.17. The average molecular weight is 275 g/mol. The molecule has 108 valence electrons. The highest BCUT2D eigenvalue weighted by atomic mass is 16.5. The first-order valence-corrected chi connectivity index (χ1v) is 6.80. The molecule has 0 aromatic heterocycles. The van der Waals surface area contributed by atoms with Crippen LogP contribution in [-0.2, 0) is 11.3 Å². The fourth-order valence-corrected chi connectivity index (χ4v) is 2.20. The van der Waals surface area contributed by atoms with E-state index in [1.165, 1.54) is 10.9 Å². The van der Waals surface area contributed by atoms with Gasteiger partial charge in [0.2, 0.25) is 0 Å². The summed E-state index contributed by atoms with van der Waals surface area (Å²) < 4.78 is 10.6. The lowest BCUT2D eigenvalue weighted by Crippen LogP contribution is -2.20. The van der Waals surface area contributed by atoms with Crippen molar-refractivity contribution in [2.75, 3.05) is 33.5 Å². The number of hydrogen-bond donors (Lipinski definition) is 2. The number of fused-ring (bicyclic) bond motifs is 1. The van der Waals surface area contributed by atoms with E-state index < -0.39 is 0 Å². The number of hydrogen-bond acceptors (Lipinski definition) is 4. The third-order valence-corrected chi connectivity index (χ3v) is 3.17. The van der Waals surface area contributed by atoms with Gasteiger partial charge in [0.15, 0.2) is 0 Å². The van der Waals surface area contributed by atoms with Crippen LogP contribution in [0.25, 0.3) is 10.8 Å². The van der Waals surface area contributed by atoms with E-state index in [1.807, 2.05) is 18.2 Å². The number of ether oxygens (including phenoxy) is 2. The highest BCUT2D eigenvalue weighted by molar-refractivity contribution is 5.91. The van der Waals surface area contributed by atoms with Gasteiger partial charge in [-0.2, -0.15) is 0 Å². The molecule has 0 heterocycles. The van der Waals surface area contributed by atoms with Crippen molar-refractivity contribution in [3.8, 4) is 5.75 Å². The number of aliphatic hydroxyl groups is 1. The molecule has 4 nitrogen and oxygen atoms in total. The Kier molecular flexibility index (Phi) is 5.80. The maximum absolute atomic E-state index is 8.61. The number of nitrogens with one attached hydrogen (secondary N) is 1. The van der Waals surface area contributed by atoms with Crippen molar-refractivity contribution in [1.29, 1.82) is 0 Å². The van der Waals surface area contributed by atoms with Crippen LogP contribution >= 0.6 is 0 Å². The first kappa shape index (κ1) is 14.8. The first-order chi connectivity index (χ1) is 9.86. The topological polar surface area (TPSA) is 50.7 Å². The lowest BCUT2D eigenvalue weighted by molar-refractivity contribution is 0.0938. The molecule has 2 aromatic carbocycles. The van der Waals surface area contributed by atoms with E-state index in [4.69, 9.17) is 14.6 Å². The first-order valence-electron chi connectivity index (χ1n) is 6.80. The molecule has 0 spiro atoms. The molecule has 2 rings (SSSR count). The van der Waals surface area contributed by atoms with Crippen LogP contribution < -0.4 is 10.1 Å². The van der Waals surface area contributed by atoms with E-state index in [1.54, 1.807) is 7.11 Å². The SMILES string of the molecule is COc1ccc(CNCCOCCO)c2ccccc12. The molecule has 0 amide bonds. The summed E-state index contributed by atoms with van der Waals surface area (Å²) >= 11 is 0. The summed E-state index contributed by atoms with van der Waals surface area (Å²) in [6, 6.07) is 12.3. The molecule has 0 unspecified atom stereocenters. The largest absolute Gasteiger partial charge is 0.496 e.